The molecule has 1 amide bonds. The van der Waals surface area contributed by atoms with Crippen LogP contribution in [0.3, 0.4) is 0 Å². The molecule has 0 saturated heterocycles. The van der Waals surface area contributed by atoms with Crippen molar-refractivity contribution in [3.05, 3.63) is 54.6 Å². The van der Waals surface area contributed by atoms with Crippen LogP contribution in [-0.4, -0.2) is 31.7 Å². The Morgan fingerprint density at radius 3 is 2.37 bits per heavy atom. The fraction of sp³-hybridized carbons (Fsp3) is 0.409. The van der Waals surface area contributed by atoms with Gasteiger partial charge in [0.1, 0.15) is 24.7 Å². The molecular weight excluding hydrogens is 340 g/mol. The van der Waals surface area contributed by atoms with Crippen LogP contribution in [0.2, 0.25) is 0 Å². The smallest absolute Gasteiger partial charge is 0.239 e. The van der Waals surface area contributed by atoms with Crippen LogP contribution in [0.1, 0.15) is 32.1 Å². The van der Waals surface area contributed by atoms with Gasteiger partial charge in [-0.05, 0) is 37.1 Å². The first-order valence-corrected chi connectivity index (χ1v) is 9.73. The lowest BCUT2D eigenvalue weighted by molar-refractivity contribution is -0.120. The monoisotopic (exact) mass is 368 g/mol. The van der Waals surface area contributed by atoms with Gasteiger partial charge in [0.2, 0.25) is 5.91 Å². The van der Waals surface area contributed by atoms with Crippen LogP contribution >= 0.6 is 0 Å². The Labute approximate surface area is 161 Å². The summed E-state index contributed by atoms with van der Waals surface area (Å²) >= 11 is 0. The zero-order chi connectivity index (χ0) is 18.7. The maximum absolute atomic E-state index is 12.1. The van der Waals surface area contributed by atoms with Gasteiger partial charge in [0.15, 0.2) is 0 Å². The lowest BCUT2D eigenvalue weighted by Crippen LogP contribution is -2.39. The molecule has 0 atom stereocenters. The van der Waals surface area contributed by atoms with Crippen LogP contribution in [-0.2, 0) is 4.79 Å². The number of para-hydroxylation sites is 1. The van der Waals surface area contributed by atoms with E-state index in [9.17, 15) is 4.79 Å². The van der Waals surface area contributed by atoms with Gasteiger partial charge in [-0.3, -0.25) is 4.79 Å². The van der Waals surface area contributed by atoms with Crippen LogP contribution in [0.4, 0.5) is 5.69 Å². The summed E-state index contributed by atoms with van der Waals surface area (Å²) < 4.78 is 11.3. The van der Waals surface area contributed by atoms with Gasteiger partial charge < -0.3 is 20.1 Å². The Hall–Kier alpha value is -2.69. The Morgan fingerprint density at radius 1 is 0.889 bits per heavy atom. The van der Waals surface area contributed by atoms with Gasteiger partial charge in [-0.25, -0.2) is 0 Å². The van der Waals surface area contributed by atoms with E-state index in [4.69, 9.17) is 9.47 Å². The summed E-state index contributed by atoms with van der Waals surface area (Å²) in [6, 6.07) is 17.7. The molecule has 0 aliphatic heterocycles. The fourth-order valence-corrected chi connectivity index (χ4v) is 3.24. The predicted molar refractivity (Wildman–Crippen MR) is 107 cm³/mol. The molecule has 1 aliphatic carbocycles. The zero-order valence-electron chi connectivity index (χ0n) is 15.7. The van der Waals surface area contributed by atoms with Crippen molar-refractivity contribution >= 4 is 11.6 Å². The molecule has 27 heavy (non-hydrogen) atoms. The van der Waals surface area contributed by atoms with E-state index in [0.29, 0.717) is 19.3 Å². The normalized spacial score (nSPS) is 14.4. The molecule has 5 heteroatoms. The van der Waals surface area contributed by atoms with Crippen molar-refractivity contribution in [2.75, 3.05) is 25.1 Å². The Kier molecular flexibility index (Phi) is 7.39. The second-order valence-corrected chi connectivity index (χ2v) is 6.79. The molecule has 1 aliphatic rings. The topological polar surface area (TPSA) is 59.6 Å². The van der Waals surface area contributed by atoms with Gasteiger partial charge in [-0.1, -0.05) is 43.5 Å². The van der Waals surface area contributed by atoms with E-state index in [1.54, 1.807) is 0 Å². The first-order valence-electron chi connectivity index (χ1n) is 9.73. The predicted octanol–water partition coefficient (Wildman–Crippen LogP) is 4.01. The minimum absolute atomic E-state index is 0.0458. The van der Waals surface area contributed by atoms with Crippen molar-refractivity contribution in [3.63, 3.8) is 0 Å². The molecule has 1 fully saturated rings. The summed E-state index contributed by atoms with van der Waals surface area (Å²) in [6.45, 7) is 1.21. The molecule has 3 rings (SSSR count). The number of rotatable bonds is 9. The average Bonchev–Trinajstić information content (AvgIpc) is 2.72. The molecule has 144 valence electrons. The van der Waals surface area contributed by atoms with Crippen molar-refractivity contribution in [3.8, 4) is 11.5 Å². The third kappa shape index (κ3) is 6.85. The van der Waals surface area contributed by atoms with Gasteiger partial charge in [0, 0.05) is 17.8 Å². The highest BCUT2D eigenvalue weighted by atomic mass is 16.5. The molecule has 0 unspecified atom stereocenters. The number of carbonyl (C=O) groups is 1. The van der Waals surface area contributed by atoms with Gasteiger partial charge in [-0.15, -0.1) is 0 Å². The van der Waals surface area contributed by atoms with E-state index in [1.807, 2.05) is 54.6 Å². The number of anilines is 1. The van der Waals surface area contributed by atoms with E-state index >= 15 is 0 Å². The summed E-state index contributed by atoms with van der Waals surface area (Å²) in [5.74, 6) is 1.63. The van der Waals surface area contributed by atoms with Crippen molar-refractivity contribution in [2.45, 2.75) is 38.1 Å². The molecule has 2 N–H and O–H groups in total. The number of hydrogen-bond acceptors (Lipinski definition) is 4. The number of nitrogens with one attached hydrogen (secondary N) is 2. The molecule has 1 saturated carbocycles. The minimum atomic E-state index is 0.0458. The minimum Gasteiger partial charge on any atom is -0.490 e. The van der Waals surface area contributed by atoms with Crippen molar-refractivity contribution in [1.82, 2.24) is 5.32 Å². The highest BCUT2D eigenvalue weighted by Crippen LogP contribution is 2.18. The van der Waals surface area contributed by atoms with Crippen LogP contribution in [0.25, 0.3) is 0 Å². The average molecular weight is 368 g/mol. The van der Waals surface area contributed by atoms with Crippen LogP contribution in [0.15, 0.2) is 54.6 Å². The van der Waals surface area contributed by atoms with Gasteiger partial charge in [-0.2, -0.15) is 0 Å². The van der Waals surface area contributed by atoms with Gasteiger partial charge in [0.25, 0.3) is 0 Å². The molecule has 0 heterocycles. The SMILES string of the molecule is O=C(CNc1cccc(OCCOc2ccccc2)c1)NC1CCCCC1. The van der Waals surface area contributed by atoms with E-state index in [-0.39, 0.29) is 12.5 Å². The fourth-order valence-electron chi connectivity index (χ4n) is 3.24. The molecule has 2 aromatic rings. The summed E-state index contributed by atoms with van der Waals surface area (Å²) in [5, 5.41) is 6.28. The summed E-state index contributed by atoms with van der Waals surface area (Å²) in [4.78, 5) is 12.1. The Balaban J connectivity index is 1.37. The zero-order valence-corrected chi connectivity index (χ0v) is 15.7. The molecule has 0 radical (unpaired) electrons. The van der Waals surface area contributed by atoms with Gasteiger partial charge in [0.05, 0.1) is 6.54 Å². The van der Waals surface area contributed by atoms with E-state index in [2.05, 4.69) is 10.6 Å². The lowest BCUT2D eigenvalue weighted by Gasteiger charge is -2.22. The highest BCUT2D eigenvalue weighted by Gasteiger charge is 2.15. The van der Waals surface area contributed by atoms with E-state index in [0.717, 1.165) is 30.0 Å². The van der Waals surface area contributed by atoms with Crippen molar-refractivity contribution < 1.29 is 14.3 Å². The first-order chi connectivity index (χ1) is 13.3. The van der Waals surface area contributed by atoms with Crippen molar-refractivity contribution in [1.29, 1.82) is 0 Å². The standard InChI is InChI=1S/C22H28N2O3/c25-22(24-18-8-3-1-4-9-18)17-23-19-10-7-13-21(16-19)27-15-14-26-20-11-5-2-6-12-20/h2,5-7,10-13,16,18,23H,1,3-4,8-9,14-15,17H2,(H,24,25). The summed E-state index contributed by atoms with van der Waals surface area (Å²) in [6.07, 6.45) is 5.91. The molecule has 5 nitrogen and oxygen atoms in total. The number of ether oxygens (including phenoxy) is 2. The third-order valence-electron chi connectivity index (χ3n) is 4.62. The van der Waals surface area contributed by atoms with E-state index in [1.165, 1.54) is 19.3 Å². The molecule has 2 aromatic carbocycles. The quantitative estimate of drug-likeness (QED) is 0.657. The lowest BCUT2D eigenvalue weighted by atomic mass is 9.95. The number of carbonyl (C=O) groups excluding carboxylic acids is 1. The second kappa shape index (κ2) is 10.5. The molecule has 0 bridgehead atoms. The maximum Gasteiger partial charge on any atom is 0.239 e. The molecular formula is C22H28N2O3. The van der Waals surface area contributed by atoms with Gasteiger partial charge >= 0.3 is 0 Å². The summed E-state index contributed by atoms with van der Waals surface area (Å²) in [5.41, 5.74) is 0.871. The van der Waals surface area contributed by atoms with E-state index < -0.39 is 0 Å². The number of benzene rings is 2. The van der Waals surface area contributed by atoms with Crippen LogP contribution in [0.5, 0.6) is 11.5 Å². The maximum atomic E-state index is 12.1. The summed E-state index contributed by atoms with van der Waals surface area (Å²) in [7, 11) is 0. The molecule has 0 aromatic heterocycles. The Morgan fingerprint density at radius 2 is 1.59 bits per heavy atom. The van der Waals surface area contributed by atoms with Crippen LogP contribution in [0, 0.1) is 0 Å². The third-order valence-corrected chi connectivity index (χ3v) is 4.62. The second-order valence-electron chi connectivity index (χ2n) is 6.79. The van der Waals surface area contributed by atoms with Crippen LogP contribution < -0.4 is 20.1 Å². The largest absolute Gasteiger partial charge is 0.490 e. The number of amides is 1. The molecule has 0 spiro atoms. The highest BCUT2D eigenvalue weighted by molar-refractivity contribution is 5.81. The van der Waals surface area contributed by atoms with Crippen molar-refractivity contribution in [2.24, 2.45) is 0 Å². The Bertz CT molecular complexity index is 700. The first kappa shape index (κ1) is 19.1. The number of hydrogen-bond donors (Lipinski definition) is 2.